The van der Waals surface area contributed by atoms with Crippen LogP contribution in [0.15, 0.2) is 36.4 Å². The van der Waals surface area contributed by atoms with E-state index in [2.05, 4.69) is 5.32 Å². The van der Waals surface area contributed by atoms with Gasteiger partial charge in [0.2, 0.25) is 5.91 Å². The summed E-state index contributed by atoms with van der Waals surface area (Å²) in [6, 6.07) is 9.22. The van der Waals surface area contributed by atoms with Crippen LogP contribution in [0.5, 0.6) is 11.5 Å². The van der Waals surface area contributed by atoms with E-state index in [4.69, 9.17) is 9.47 Å². The van der Waals surface area contributed by atoms with Crippen LogP contribution in [0.4, 0.5) is 4.39 Å². The fourth-order valence-electron chi connectivity index (χ4n) is 5.12. The van der Waals surface area contributed by atoms with Gasteiger partial charge in [0.05, 0.1) is 14.2 Å². The van der Waals surface area contributed by atoms with Crippen molar-refractivity contribution in [3.05, 3.63) is 59.0 Å². The number of carboxylic acids is 1. The van der Waals surface area contributed by atoms with E-state index in [0.29, 0.717) is 50.0 Å². The van der Waals surface area contributed by atoms with Gasteiger partial charge in [-0.2, -0.15) is 0 Å². The van der Waals surface area contributed by atoms with Gasteiger partial charge < -0.3 is 24.5 Å². The third kappa shape index (κ3) is 4.97. The van der Waals surface area contributed by atoms with Crippen molar-refractivity contribution in [3.63, 3.8) is 0 Å². The highest BCUT2D eigenvalue weighted by atomic mass is 19.1. The number of benzene rings is 2. The topological polar surface area (TPSA) is 89.8 Å². The first-order valence-electron chi connectivity index (χ1n) is 11.9. The molecule has 2 unspecified atom stereocenters. The van der Waals surface area contributed by atoms with Gasteiger partial charge in [0.1, 0.15) is 23.4 Å². The molecule has 2 atom stereocenters. The van der Waals surface area contributed by atoms with E-state index >= 15 is 0 Å². The molecule has 0 aliphatic heterocycles. The Labute approximate surface area is 203 Å². The molecule has 4 rings (SSSR count). The standard InChI is InChI=1S/C27H31FN2O5/c1-4-22(27(32)33)30-23-10-7-17(28)13-20(23)21-14-18(8-11-24(21)30)29-26(31)12-6-16-5-9-19(34-2)15-25(16)35-3/h5,7,9-10,13,15,18,22H,4,6,8,11-12,14H2,1-3H3,(H,29,31)(H,32,33). The maximum Gasteiger partial charge on any atom is 0.326 e. The Kier molecular flexibility index (Phi) is 7.28. The lowest BCUT2D eigenvalue weighted by Crippen LogP contribution is -2.39. The van der Waals surface area contributed by atoms with Gasteiger partial charge in [0.25, 0.3) is 0 Å². The number of aliphatic carboxylic acids is 1. The molecular formula is C27H31FN2O5. The molecule has 3 aromatic rings. The Balaban J connectivity index is 1.51. The predicted molar refractivity (Wildman–Crippen MR) is 131 cm³/mol. The van der Waals surface area contributed by atoms with E-state index in [-0.39, 0.29) is 17.8 Å². The number of methoxy groups -OCH3 is 2. The van der Waals surface area contributed by atoms with Crippen LogP contribution in [0.1, 0.15) is 49.0 Å². The number of rotatable bonds is 9. The van der Waals surface area contributed by atoms with Crippen molar-refractivity contribution >= 4 is 22.8 Å². The van der Waals surface area contributed by atoms with Crippen molar-refractivity contribution in [3.8, 4) is 11.5 Å². The number of hydrogen-bond acceptors (Lipinski definition) is 4. The first kappa shape index (κ1) is 24.6. The molecular weight excluding hydrogens is 451 g/mol. The zero-order chi connectivity index (χ0) is 25.1. The lowest BCUT2D eigenvalue weighted by molar-refractivity contribution is -0.141. The fraction of sp³-hybridized carbons (Fsp3) is 0.407. The number of aryl methyl sites for hydroxylation is 1. The molecule has 186 valence electrons. The summed E-state index contributed by atoms with van der Waals surface area (Å²) in [7, 11) is 3.18. The number of fused-ring (bicyclic) bond motifs is 3. The van der Waals surface area contributed by atoms with Crippen LogP contribution in [-0.2, 0) is 28.9 Å². The number of hydrogen-bond donors (Lipinski definition) is 2. The van der Waals surface area contributed by atoms with Crippen molar-refractivity contribution in [2.24, 2.45) is 0 Å². The quantitative estimate of drug-likeness (QED) is 0.471. The Morgan fingerprint density at radius 1 is 1.20 bits per heavy atom. The molecule has 1 amide bonds. The SMILES string of the molecule is CCC(C(=O)O)n1c2c(c3cc(F)ccc31)CC(NC(=O)CCc1ccc(OC)cc1OC)CC2. The second-order valence-electron chi connectivity index (χ2n) is 8.90. The Hall–Kier alpha value is -3.55. The van der Waals surface area contributed by atoms with E-state index in [1.54, 1.807) is 26.4 Å². The van der Waals surface area contributed by atoms with Crippen molar-refractivity contribution in [1.29, 1.82) is 0 Å². The van der Waals surface area contributed by atoms with E-state index in [0.717, 1.165) is 27.7 Å². The smallest absolute Gasteiger partial charge is 0.326 e. The molecule has 0 saturated carbocycles. The molecule has 1 aromatic heterocycles. The zero-order valence-electron chi connectivity index (χ0n) is 20.3. The van der Waals surface area contributed by atoms with Gasteiger partial charge in [-0.3, -0.25) is 4.79 Å². The van der Waals surface area contributed by atoms with Crippen LogP contribution in [0.3, 0.4) is 0 Å². The molecule has 1 aliphatic rings. The summed E-state index contributed by atoms with van der Waals surface area (Å²) in [5.74, 6) is 0.0413. The lowest BCUT2D eigenvalue weighted by Gasteiger charge is -2.26. The Morgan fingerprint density at radius 2 is 2.00 bits per heavy atom. The normalized spacial score (nSPS) is 15.9. The third-order valence-electron chi connectivity index (χ3n) is 6.83. The highest BCUT2D eigenvalue weighted by molar-refractivity contribution is 5.88. The van der Waals surface area contributed by atoms with Crippen LogP contribution in [-0.4, -0.2) is 41.8 Å². The molecule has 2 N–H and O–H groups in total. The molecule has 35 heavy (non-hydrogen) atoms. The monoisotopic (exact) mass is 482 g/mol. The van der Waals surface area contributed by atoms with E-state index in [9.17, 15) is 19.1 Å². The number of ether oxygens (including phenoxy) is 2. The second-order valence-corrected chi connectivity index (χ2v) is 8.90. The summed E-state index contributed by atoms with van der Waals surface area (Å²) in [6.45, 7) is 1.84. The molecule has 0 fully saturated rings. The van der Waals surface area contributed by atoms with E-state index in [1.165, 1.54) is 12.1 Å². The minimum absolute atomic E-state index is 0.0665. The highest BCUT2D eigenvalue weighted by Gasteiger charge is 2.31. The number of halogens is 1. The molecule has 0 spiro atoms. The summed E-state index contributed by atoms with van der Waals surface area (Å²) in [6.07, 6.45) is 3.11. The molecule has 0 radical (unpaired) electrons. The summed E-state index contributed by atoms with van der Waals surface area (Å²) in [5, 5.41) is 13.6. The van der Waals surface area contributed by atoms with Crippen LogP contribution in [0, 0.1) is 5.82 Å². The number of nitrogens with one attached hydrogen (secondary N) is 1. The van der Waals surface area contributed by atoms with Crippen LogP contribution >= 0.6 is 0 Å². The molecule has 1 heterocycles. The number of nitrogens with zero attached hydrogens (tertiary/aromatic N) is 1. The molecule has 0 bridgehead atoms. The summed E-state index contributed by atoms with van der Waals surface area (Å²) >= 11 is 0. The highest BCUT2D eigenvalue weighted by Crippen LogP contribution is 2.36. The maximum absolute atomic E-state index is 14.1. The summed E-state index contributed by atoms with van der Waals surface area (Å²) in [5.41, 5.74) is 3.50. The van der Waals surface area contributed by atoms with Gasteiger partial charge in [0, 0.05) is 35.1 Å². The summed E-state index contributed by atoms with van der Waals surface area (Å²) in [4.78, 5) is 24.7. The molecule has 8 heteroatoms. The van der Waals surface area contributed by atoms with Gasteiger partial charge in [-0.05, 0) is 67.5 Å². The van der Waals surface area contributed by atoms with Crippen molar-refractivity contribution in [2.75, 3.05) is 14.2 Å². The lowest BCUT2D eigenvalue weighted by atomic mass is 9.91. The van der Waals surface area contributed by atoms with Gasteiger partial charge in [-0.1, -0.05) is 13.0 Å². The number of carbonyl (C=O) groups excluding carboxylic acids is 1. The van der Waals surface area contributed by atoms with Crippen LogP contribution in [0.25, 0.3) is 10.9 Å². The Bertz CT molecular complexity index is 1250. The fourth-order valence-corrected chi connectivity index (χ4v) is 5.12. The van der Waals surface area contributed by atoms with E-state index < -0.39 is 12.0 Å². The van der Waals surface area contributed by atoms with Gasteiger partial charge >= 0.3 is 5.97 Å². The number of carboxylic acid groups (broad SMARTS) is 1. The maximum atomic E-state index is 14.1. The molecule has 2 aromatic carbocycles. The molecule has 1 aliphatic carbocycles. The number of amides is 1. The average molecular weight is 483 g/mol. The molecule has 7 nitrogen and oxygen atoms in total. The minimum Gasteiger partial charge on any atom is -0.497 e. The molecule has 0 saturated heterocycles. The second kappa shape index (κ2) is 10.4. The van der Waals surface area contributed by atoms with Crippen molar-refractivity contribution in [1.82, 2.24) is 9.88 Å². The third-order valence-corrected chi connectivity index (χ3v) is 6.83. The first-order valence-corrected chi connectivity index (χ1v) is 11.9. The van der Waals surface area contributed by atoms with Gasteiger partial charge in [0.15, 0.2) is 0 Å². The number of carbonyl (C=O) groups is 2. The zero-order valence-corrected chi connectivity index (χ0v) is 20.3. The number of aromatic nitrogens is 1. The largest absolute Gasteiger partial charge is 0.497 e. The van der Waals surface area contributed by atoms with Crippen LogP contribution < -0.4 is 14.8 Å². The van der Waals surface area contributed by atoms with Crippen molar-refractivity contribution in [2.45, 2.75) is 57.5 Å². The Morgan fingerprint density at radius 3 is 2.69 bits per heavy atom. The van der Waals surface area contributed by atoms with Crippen LogP contribution in [0.2, 0.25) is 0 Å². The van der Waals surface area contributed by atoms with Crippen molar-refractivity contribution < 1.29 is 28.6 Å². The first-order chi connectivity index (χ1) is 16.9. The average Bonchev–Trinajstić information content (AvgIpc) is 3.15. The van der Waals surface area contributed by atoms with E-state index in [1.807, 2.05) is 23.6 Å². The predicted octanol–water partition coefficient (Wildman–Crippen LogP) is 4.44. The van der Waals surface area contributed by atoms with Gasteiger partial charge in [-0.25, -0.2) is 9.18 Å². The minimum atomic E-state index is -0.902. The van der Waals surface area contributed by atoms with Gasteiger partial charge in [-0.15, -0.1) is 0 Å². The summed E-state index contributed by atoms with van der Waals surface area (Å²) < 4.78 is 26.6.